The van der Waals surface area contributed by atoms with Crippen molar-refractivity contribution in [2.75, 3.05) is 7.05 Å². The highest BCUT2D eigenvalue weighted by Gasteiger charge is 2.16. The first-order valence-corrected chi connectivity index (χ1v) is 7.00. The van der Waals surface area contributed by atoms with Crippen LogP contribution in [0.2, 0.25) is 0 Å². The van der Waals surface area contributed by atoms with Crippen LogP contribution in [0.4, 0.5) is 0 Å². The SMILES string of the molecule is CN(Cc1ccco1)C(=O)Cn1nnn(-c2ccccc2)c1=O. The Morgan fingerprint density at radius 3 is 2.65 bits per heavy atom. The first-order chi connectivity index (χ1) is 11.1. The van der Waals surface area contributed by atoms with E-state index in [2.05, 4.69) is 10.4 Å². The third-order valence-corrected chi connectivity index (χ3v) is 3.32. The fraction of sp³-hybridized carbons (Fsp3) is 0.200. The Labute approximate surface area is 131 Å². The summed E-state index contributed by atoms with van der Waals surface area (Å²) < 4.78 is 7.38. The van der Waals surface area contributed by atoms with Crippen molar-refractivity contribution < 1.29 is 9.21 Å². The zero-order chi connectivity index (χ0) is 16.2. The summed E-state index contributed by atoms with van der Waals surface area (Å²) in [7, 11) is 1.64. The molecule has 0 atom stereocenters. The van der Waals surface area contributed by atoms with Gasteiger partial charge >= 0.3 is 5.69 Å². The van der Waals surface area contributed by atoms with E-state index in [9.17, 15) is 9.59 Å². The van der Waals surface area contributed by atoms with Crippen molar-refractivity contribution >= 4 is 5.91 Å². The molecular weight excluding hydrogens is 298 g/mol. The molecule has 3 aromatic rings. The number of nitrogens with zero attached hydrogens (tertiary/aromatic N) is 5. The largest absolute Gasteiger partial charge is 0.467 e. The van der Waals surface area contributed by atoms with Gasteiger partial charge < -0.3 is 9.32 Å². The topological polar surface area (TPSA) is 86.2 Å². The minimum absolute atomic E-state index is 0.178. The molecule has 2 heterocycles. The average molecular weight is 313 g/mol. The van der Waals surface area contributed by atoms with E-state index in [1.807, 2.05) is 6.07 Å². The van der Waals surface area contributed by atoms with Crippen molar-refractivity contribution in [3.05, 3.63) is 65.0 Å². The maximum Gasteiger partial charge on any atom is 0.368 e. The van der Waals surface area contributed by atoms with Gasteiger partial charge in [-0.15, -0.1) is 0 Å². The molecule has 1 amide bonds. The fourth-order valence-corrected chi connectivity index (χ4v) is 2.08. The molecule has 3 rings (SSSR count). The number of likely N-dealkylation sites (N-methyl/N-ethyl adjacent to an activating group) is 1. The quantitative estimate of drug-likeness (QED) is 0.691. The molecule has 0 unspecified atom stereocenters. The summed E-state index contributed by atoms with van der Waals surface area (Å²) in [5.41, 5.74) is 0.135. The third-order valence-electron chi connectivity index (χ3n) is 3.32. The molecule has 0 spiro atoms. The molecule has 0 aliphatic carbocycles. The van der Waals surface area contributed by atoms with E-state index in [1.165, 1.54) is 4.90 Å². The number of benzene rings is 1. The smallest absolute Gasteiger partial charge is 0.368 e. The molecule has 0 bridgehead atoms. The zero-order valence-corrected chi connectivity index (χ0v) is 12.5. The van der Waals surface area contributed by atoms with Crippen LogP contribution in [0.5, 0.6) is 0 Å². The first-order valence-electron chi connectivity index (χ1n) is 7.00. The number of rotatable bonds is 5. The molecule has 8 heteroatoms. The summed E-state index contributed by atoms with van der Waals surface area (Å²) in [4.78, 5) is 25.9. The summed E-state index contributed by atoms with van der Waals surface area (Å²) in [6, 6.07) is 12.4. The van der Waals surface area contributed by atoms with E-state index in [1.54, 1.807) is 49.7 Å². The molecule has 8 nitrogen and oxygen atoms in total. The lowest BCUT2D eigenvalue weighted by atomic mass is 10.3. The van der Waals surface area contributed by atoms with Gasteiger partial charge in [0.2, 0.25) is 5.91 Å². The van der Waals surface area contributed by atoms with Crippen LogP contribution in [0.25, 0.3) is 5.69 Å². The van der Waals surface area contributed by atoms with Gasteiger partial charge in [-0.3, -0.25) is 4.79 Å². The summed E-state index contributed by atoms with van der Waals surface area (Å²) in [5.74, 6) is 0.407. The second-order valence-corrected chi connectivity index (χ2v) is 5.00. The summed E-state index contributed by atoms with van der Waals surface area (Å²) >= 11 is 0. The molecule has 2 aromatic heterocycles. The number of amides is 1. The lowest BCUT2D eigenvalue weighted by Crippen LogP contribution is -2.34. The number of hydrogen-bond donors (Lipinski definition) is 0. The van der Waals surface area contributed by atoms with Crippen molar-refractivity contribution in [3.63, 3.8) is 0 Å². The maximum absolute atomic E-state index is 12.3. The van der Waals surface area contributed by atoms with Gasteiger partial charge in [0.05, 0.1) is 18.5 Å². The van der Waals surface area contributed by atoms with Gasteiger partial charge in [-0.05, 0) is 34.7 Å². The number of para-hydroxylation sites is 1. The van der Waals surface area contributed by atoms with Gasteiger partial charge in [0.1, 0.15) is 12.3 Å². The number of tetrazole rings is 1. The summed E-state index contributed by atoms with van der Waals surface area (Å²) in [6.07, 6.45) is 1.55. The van der Waals surface area contributed by atoms with Crippen LogP contribution in [-0.4, -0.2) is 37.6 Å². The Hall–Kier alpha value is -3.16. The van der Waals surface area contributed by atoms with Crippen LogP contribution in [-0.2, 0) is 17.9 Å². The minimum Gasteiger partial charge on any atom is -0.467 e. The van der Waals surface area contributed by atoms with Crippen molar-refractivity contribution in [3.8, 4) is 5.69 Å². The van der Waals surface area contributed by atoms with E-state index in [0.717, 1.165) is 9.36 Å². The molecule has 0 N–H and O–H groups in total. The molecule has 0 saturated heterocycles. The highest BCUT2D eigenvalue weighted by atomic mass is 16.3. The number of furan rings is 1. The van der Waals surface area contributed by atoms with E-state index in [0.29, 0.717) is 18.0 Å². The van der Waals surface area contributed by atoms with Crippen LogP contribution < -0.4 is 5.69 Å². The maximum atomic E-state index is 12.3. The second kappa shape index (κ2) is 6.30. The van der Waals surface area contributed by atoms with E-state index >= 15 is 0 Å². The number of hydrogen-bond acceptors (Lipinski definition) is 5. The van der Waals surface area contributed by atoms with Gasteiger partial charge in [0.15, 0.2) is 0 Å². The Morgan fingerprint density at radius 1 is 1.17 bits per heavy atom. The van der Waals surface area contributed by atoms with Gasteiger partial charge in [-0.1, -0.05) is 18.2 Å². The van der Waals surface area contributed by atoms with Crippen LogP contribution in [0.15, 0.2) is 57.9 Å². The molecule has 0 aliphatic rings. The second-order valence-electron chi connectivity index (χ2n) is 5.00. The Kier molecular flexibility index (Phi) is 4.05. The molecule has 1 aromatic carbocycles. The molecule has 23 heavy (non-hydrogen) atoms. The predicted molar refractivity (Wildman–Crippen MR) is 80.8 cm³/mol. The van der Waals surface area contributed by atoms with Crippen LogP contribution in [0, 0.1) is 0 Å². The minimum atomic E-state index is -0.462. The monoisotopic (exact) mass is 313 g/mol. The van der Waals surface area contributed by atoms with E-state index < -0.39 is 5.69 Å². The van der Waals surface area contributed by atoms with Crippen molar-refractivity contribution in [1.82, 2.24) is 24.7 Å². The van der Waals surface area contributed by atoms with Crippen LogP contribution >= 0.6 is 0 Å². The van der Waals surface area contributed by atoms with Crippen molar-refractivity contribution in [2.24, 2.45) is 0 Å². The highest BCUT2D eigenvalue weighted by molar-refractivity contribution is 5.75. The fourth-order valence-electron chi connectivity index (χ4n) is 2.08. The molecule has 0 saturated carbocycles. The lowest BCUT2D eigenvalue weighted by molar-refractivity contribution is -0.131. The van der Waals surface area contributed by atoms with Gasteiger partial charge in [-0.2, -0.15) is 9.36 Å². The normalized spacial score (nSPS) is 10.7. The predicted octanol–water partition coefficient (Wildman–Crippen LogP) is 0.681. The van der Waals surface area contributed by atoms with Crippen molar-refractivity contribution in [1.29, 1.82) is 0 Å². The summed E-state index contributed by atoms with van der Waals surface area (Å²) in [5, 5.41) is 7.56. The zero-order valence-electron chi connectivity index (χ0n) is 12.5. The van der Waals surface area contributed by atoms with Crippen LogP contribution in [0.3, 0.4) is 0 Å². The third kappa shape index (κ3) is 3.20. The Bertz CT molecular complexity index is 836. The standard InChI is InChI=1S/C15H15N5O3/c1-18(10-13-8-5-9-23-13)14(21)11-19-15(22)20(17-16-19)12-6-3-2-4-7-12/h2-9H,10-11H2,1H3. The van der Waals surface area contributed by atoms with Gasteiger partial charge in [0, 0.05) is 7.05 Å². The van der Waals surface area contributed by atoms with Gasteiger partial charge in [-0.25, -0.2) is 4.79 Å². The Morgan fingerprint density at radius 2 is 1.96 bits per heavy atom. The number of aromatic nitrogens is 4. The molecule has 0 fully saturated rings. The van der Waals surface area contributed by atoms with E-state index in [4.69, 9.17) is 4.42 Å². The van der Waals surface area contributed by atoms with Gasteiger partial charge in [0.25, 0.3) is 0 Å². The Balaban J connectivity index is 1.72. The number of carbonyl (C=O) groups is 1. The average Bonchev–Trinajstić information content (AvgIpc) is 3.19. The highest BCUT2D eigenvalue weighted by Crippen LogP contribution is 2.04. The molecule has 0 radical (unpaired) electrons. The molecule has 118 valence electrons. The van der Waals surface area contributed by atoms with Crippen LogP contribution in [0.1, 0.15) is 5.76 Å². The number of carbonyl (C=O) groups excluding carboxylic acids is 1. The molecular formula is C15H15N5O3. The summed E-state index contributed by atoms with van der Waals surface area (Å²) in [6.45, 7) is 0.149. The molecule has 0 aliphatic heterocycles. The lowest BCUT2D eigenvalue weighted by Gasteiger charge is -2.14. The van der Waals surface area contributed by atoms with E-state index in [-0.39, 0.29) is 12.5 Å². The van der Waals surface area contributed by atoms with Crippen molar-refractivity contribution in [2.45, 2.75) is 13.1 Å². The first kappa shape index (κ1) is 14.8.